The molecule has 3 N–H and O–H groups in total. The molecule has 2 aromatic carbocycles. The van der Waals surface area contributed by atoms with Crippen molar-refractivity contribution in [3.05, 3.63) is 47.5 Å². The lowest BCUT2D eigenvalue weighted by molar-refractivity contribution is 0.416. The molecule has 0 fully saturated rings. The number of rotatable bonds is 3. The number of para-hydroxylation sites is 1. The number of hydrogen-bond donors (Lipinski definition) is 2. The van der Waals surface area contributed by atoms with Gasteiger partial charge in [0.2, 0.25) is 0 Å². The van der Waals surface area contributed by atoms with E-state index in [0.717, 1.165) is 0 Å². The normalized spacial score (nSPS) is 9.35. The molecule has 0 unspecified atom stereocenters. The Balaban J connectivity index is 2.45. The number of anilines is 3. The summed E-state index contributed by atoms with van der Waals surface area (Å²) in [6.07, 6.45) is 0. The van der Waals surface area contributed by atoms with Crippen molar-refractivity contribution in [2.24, 2.45) is 0 Å². The van der Waals surface area contributed by atoms with Gasteiger partial charge in [0.05, 0.1) is 41.4 Å². The van der Waals surface area contributed by atoms with Gasteiger partial charge in [-0.15, -0.1) is 0 Å². The minimum absolute atomic E-state index is 0.429. The monoisotopic (exact) mass is 264 g/mol. The number of nitrogens with one attached hydrogen (secondary N) is 1. The third kappa shape index (κ3) is 2.47. The summed E-state index contributed by atoms with van der Waals surface area (Å²) in [4.78, 5) is 0. The molecule has 0 radical (unpaired) electrons. The lowest BCUT2D eigenvalue weighted by Crippen LogP contribution is -2.00. The molecule has 0 heterocycles. The molecule has 98 valence electrons. The van der Waals surface area contributed by atoms with Crippen LogP contribution in [0.1, 0.15) is 11.1 Å². The summed E-state index contributed by atoms with van der Waals surface area (Å²) in [5.41, 5.74) is 8.42. The molecule has 20 heavy (non-hydrogen) atoms. The number of ether oxygens (including phenoxy) is 1. The van der Waals surface area contributed by atoms with Gasteiger partial charge in [0.15, 0.2) is 0 Å². The van der Waals surface area contributed by atoms with Crippen LogP contribution in [0, 0.1) is 22.7 Å². The van der Waals surface area contributed by atoms with E-state index in [0.29, 0.717) is 33.9 Å². The van der Waals surface area contributed by atoms with Crippen LogP contribution in [0.4, 0.5) is 17.1 Å². The molecular formula is C15H12N4O. The zero-order valence-electron chi connectivity index (χ0n) is 10.8. The van der Waals surface area contributed by atoms with E-state index in [1.54, 1.807) is 36.4 Å². The minimum atomic E-state index is 0.429. The average Bonchev–Trinajstić information content (AvgIpc) is 2.49. The highest BCUT2D eigenvalue weighted by Crippen LogP contribution is 2.33. The van der Waals surface area contributed by atoms with Gasteiger partial charge in [-0.2, -0.15) is 10.5 Å². The largest absolute Gasteiger partial charge is 0.495 e. The fourth-order valence-electron chi connectivity index (χ4n) is 1.80. The Bertz CT molecular complexity index is 726. The summed E-state index contributed by atoms with van der Waals surface area (Å²) in [5.74, 6) is 0.549. The van der Waals surface area contributed by atoms with Crippen LogP contribution < -0.4 is 15.8 Å². The third-order valence-corrected chi connectivity index (χ3v) is 2.81. The molecule has 0 spiro atoms. The molecule has 2 aromatic rings. The van der Waals surface area contributed by atoms with Gasteiger partial charge >= 0.3 is 0 Å². The van der Waals surface area contributed by atoms with Gasteiger partial charge in [-0.25, -0.2) is 0 Å². The summed E-state index contributed by atoms with van der Waals surface area (Å²) in [7, 11) is 1.53. The van der Waals surface area contributed by atoms with Crippen molar-refractivity contribution in [1.29, 1.82) is 10.5 Å². The molecule has 0 atom stereocenters. The number of nitrogens with two attached hydrogens (primary N) is 1. The van der Waals surface area contributed by atoms with E-state index >= 15 is 0 Å². The average molecular weight is 264 g/mol. The maximum absolute atomic E-state index is 9.15. The number of nitrogen functional groups attached to an aromatic ring is 1. The van der Waals surface area contributed by atoms with Crippen LogP contribution in [0.3, 0.4) is 0 Å². The molecule has 0 amide bonds. The van der Waals surface area contributed by atoms with Crippen molar-refractivity contribution in [1.82, 2.24) is 0 Å². The molecule has 5 nitrogen and oxygen atoms in total. The van der Waals surface area contributed by atoms with Crippen molar-refractivity contribution in [3.8, 4) is 17.9 Å². The van der Waals surface area contributed by atoms with Crippen LogP contribution in [0.5, 0.6) is 5.75 Å². The number of nitrogens with zero attached hydrogens (tertiary/aromatic N) is 2. The highest BCUT2D eigenvalue weighted by atomic mass is 16.5. The first kappa shape index (κ1) is 13.3. The number of hydrogen-bond acceptors (Lipinski definition) is 5. The second-order valence-electron chi connectivity index (χ2n) is 4.03. The predicted molar refractivity (Wildman–Crippen MR) is 76.6 cm³/mol. The zero-order valence-corrected chi connectivity index (χ0v) is 10.8. The van der Waals surface area contributed by atoms with Gasteiger partial charge in [-0.3, -0.25) is 0 Å². The molecular weight excluding hydrogens is 252 g/mol. The van der Waals surface area contributed by atoms with E-state index in [1.807, 2.05) is 6.07 Å². The van der Waals surface area contributed by atoms with Crippen LogP contribution in [0.25, 0.3) is 0 Å². The highest BCUT2D eigenvalue weighted by molar-refractivity contribution is 5.79. The smallest absolute Gasteiger partial charge is 0.143 e. The maximum atomic E-state index is 9.15. The van der Waals surface area contributed by atoms with Crippen molar-refractivity contribution in [2.45, 2.75) is 0 Å². The Hall–Kier alpha value is -3.18. The standard InChI is InChI=1S/C15H12N4O/c1-20-14-4-2-3-11(9-17)15(14)19-13-6-5-10(8-16)7-12(13)18/h2-7,19H,18H2,1H3. The van der Waals surface area contributed by atoms with Crippen molar-refractivity contribution < 1.29 is 4.74 Å². The minimum Gasteiger partial charge on any atom is -0.495 e. The van der Waals surface area contributed by atoms with Gasteiger partial charge in [-0.1, -0.05) is 6.07 Å². The van der Waals surface area contributed by atoms with Gasteiger partial charge in [0, 0.05) is 0 Å². The lowest BCUT2D eigenvalue weighted by atomic mass is 10.1. The van der Waals surface area contributed by atoms with E-state index in [4.69, 9.17) is 21.0 Å². The molecule has 0 aromatic heterocycles. The fraction of sp³-hybridized carbons (Fsp3) is 0.0667. The summed E-state index contributed by atoms with van der Waals surface area (Å²) < 4.78 is 5.24. The van der Waals surface area contributed by atoms with Crippen molar-refractivity contribution in [3.63, 3.8) is 0 Å². The first-order valence-corrected chi connectivity index (χ1v) is 5.83. The van der Waals surface area contributed by atoms with E-state index in [2.05, 4.69) is 11.4 Å². The molecule has 0 saturated carbocycles. The van der Waals surface area contributed by atoms with Crippen molar-refractivity contribution >= 4 is 17.1 Å². The zero-order chi connectivity index (χ0) is 14.5. The van der Waals surface area contributed by atoms with Crippen LogP contribution in [0.2, 0.25) is 0 Å². The number of nitriles is 2. The quantitative estimate of drug-likeness (QED) is 0.831. The van der Waals surface area contributed by atoms with E-state index in [1.165, 1.54) is 7.11 Å². The Kier molecular flexibility index (Phi) is 3.74. The maximum Gasteiger partial charge on any atom is 0.143 e. The highest BCUT2D eigenvalue weighted by Gasteiger charge is 2.10. The second kappa shape index (κ2) is 5.64. The van der Waals surface area contributed by atoms with Gasteiger partial charge < -0.3 is 15.8 Å². The van der Waals surface area contributed by atoms with Crippen LogP contribution in [-0.2, 0) is 0 Å². The SMILES string of the molecule is COc1cccc(C#N)c1Nc1ccc(C#N)cc1N. The fourth-order valence-corrected chi connectivity index (χ4v) is 1.80. The van der Waals surface area contributed by atoms with Crippen LogP contribution >= 0.6 is 0 Å². The molecule has 2 rings (SSSR count). The Morgan fingerprint density at radius 2 is 1.95 bits per heavy atom. The summed E-state index contributed by atoms with van der Waals surface area (Å²) in [6, 6.07) is 14.2. The second-order valence-corrected chi connectivity index (χ2v) is 4.03. The van der Waals surface area contributed by atoms with E-state index in [9.17, 15) is 0 Å². The third-order valence-electron chi connectivity index (χ3n) is 2.81. The van der Waals surface area contributed by atoms with Gasteiger partial charge in [0.25, 0.3) is 0 Å². The van der Waals surface area contributed by atoms with Gasteiger partial charge in [0.1, 0.15) is 11.8 Å². The predicted octanol–water partition coefficient (Wildman–Crippen LogP) is 2.76. The van der Waals surface area contributed by atoms with Crippen LogP contribution in [-0.4, -0.2) is 7.11 Å². The number of methoxy groups -OCH3 is 1. The topological polar surface area (TPSA) is 94.9 Å². The summed E-state index contributed by atoms with van der Waals surface area (Å²) >= 11 is 0. The summed E-state index contributed by atoms with van der Waals surface area (Å²) in [5, 5.41) is 21.0. The van der Waals surface area contributed by atoms with E-state index in [-0.39, 0.29) is 0 Å². The van der Waals surface area contributed by atoms with Gasteiger partial charge in [-0.05, 0) is 30.3 Å². The lowest BCUT2D eigenvalue weighted by Gasteiger charge is -2.14. The number of benzene rings is 2. The Labute approximate surface area is 116 Å². The first-order chi connectivity index (χ1) is 9.69. The molecule has 0 saturated heterocycles. The van der Waals surface area contributed by atoms with E-state index < -0.39 is 0 Å². The Morgan fingerprint density at radius 3 is 2.55 bits per heavy atom. The first-order valence-electron chi connectivity index (χ1n) is 5.83. The molecule has 0 aliphatic carbocycles. The molecule has 0 aliphatic heterocycles. The summed E-state index contributed by atoms with van der Waals surface area (Å²) in [6.45, 7) is 0. The van der Waals surface area contributed by atoms with Crippen molar-refractivity contribution in [2.75, 3.05) is 18.2 Å². The molecule has 0 aliphatic rings. The Morgan fingerprint density at radius 1 is 1.15 bits per heavy atom. The molecule has 0 bridgehead atoms. The van der Waals surface area contributed by atoms with Crippen LogP contribution in [0.15, 0.2) is 36.4 Å². The molecule has 5 heteroatoms.